The van der Waals surface area contributed by atoms with Gasteiger partial charge in [0.05, 0.1) is 0 Å². The predicted molar refractivity (Wildman–Crippen MR) is 78.5 cm³/mol. The van der Waals surface area contributed by atoms with Crippen molar-refractivity contribution in [2.45, 2.75) is 12.8 Å². The van der Waals surface area contributed by atoms with Crippen molar-refractivity contribution in [1.82, 2.24) is 0 Å². The average Bonchev–Trinajstić information content (AvgIpc) is 3.13. The molecular formula is C17H15NO3. The van der Waals surface area contributed by atoms with E-state index >= 15 is 0 Å². The Morgan fingerprint density at radius 1 is 1.00 bits per heavy atom. The van der Waals surface area contributed by atoms with Gasteiger partial charge in [-0.15, -0.1) is 0 Å². The van der Waals surface area contributed by atoms with Crippen molar-refractivity contribution in [3.05, 3.63) is 53.6 Å². The van der Waals surface area contributed by atoms with Crippen LogP contribution in [0, 0.1) is 5.92 Å². The second-order valence-electron chi connectivity index (χ2n) is 5.43. The molecule has 2 aromatic rings. The third-order valence-electron chi connectivity index (χ3n) is 4.06. The molecule has 106 valence electrons. The monoisotopic (exact) mass is 281 g/mol. The molecule has 2 aromatic carbocycles. The first-order chi connectivity index (χ1) is 10.3. The van der Waals surface area contributed by atoms with Crippen molar-refractivity contribution in [2.24, 2.45) is 5.92 Å². The van der Waals surface area contributed by atoms with Gasteiger partial charge in [-0.1, -0.05) is 24.3 Å². The fourth-order valence-corrected chi connectivity index (χ4v) is 2.96. The van der Waals surface area contributed by atoms with Gasteiger partial charge in [0.25, 0.3) is 0 Å². The number of ether oxygens (including phenoxy) is 2. The summed E-state index contributed by atoms with van der Waals surface area (Å²) in [5.41, 5.74) is 3.31. The number of carbonyl (C=O) groups excluding carboxylic acids is 1. The van der Waals surface area contributed by atoms with Crippen LogP contribution in [0.2, 0.25) is 0 Å². The van der Waals surface area contributed by atoms with Crippen molar-refractivity contribution in [2.75, 3.05) is 12.1 Å². The molecule has 1 amide bonds. The van der Waals surface area contributed by atoms with Gasteiger partial charge in [-0.25, -0.2) is 0 Å². The van der Waals surface area contributed by atoms with E-state index in [-0.39, 0.29) is 18.6 Å². The molecule has 0 fully saturated rings. The van der Waals surface area contributed by atoms with Crippen LogP contribution in [-0.4, -0.2) is 12.7 Å². The number of nitrogens with one attached hydrogen (secondary N) is 1. The van der Waals surface area contributed by atoms with Crippen LogP contribution in [0.15, 0.2) is 42.5 Å². The lowest BCUT2D eigenvalue weighted by Crippen LogP contribution is -2.23. The van der Waals surface area contributed by atoms with Gasteiger partial charge in [0.15, 0.2) is 11.5 Å². The summed E-state index contributed by atoms with van der Waals surface area (Å²) in [6.07, 6.45) is 1.62. The highest BCUT2D eigenvalue weighted by molar-refractivity contribution is 5.93. The Morgan fingerprint density at radius 2 is 1.71 bits per heavy atom. The smallest absolute Gasteiger partial charge is 0.231 e. The van der Waals surface area contributed by atoms with Crippen LogP contribution in [0.1, 0.15) is 11.1 Å². The van der Waals surface area contributed by atoms with Crippen LogP contribution in [-0.2, 0) is 17.6 Å². The van der Waals surface area contributed by atoms with Crippen LogP contribution in [0.3, 0.4) is 0 Å². The summed E-state index contributed by atoms with van der Waals surface area (Å²) in [7, 11) is 0. The number of hydrogen-bond donors (Lipinski definition) is 1. The highest BCUT2D eigenvalue weighted by Crippen LogP contribution is 2.34. The normalized spacial score (nSPS) is 15.8. The summed E-state index contributed by atoms with van der Waals surface area (Å²) >= 11 is 0. The number of anilines is 1. The Balaban J connectivity index is 1.47. The summed E-state index contributed by atoms with van der Waals surface area (Å²) in [4.78, 5) is 12.4. The molecule has 0 aromatic heterocycles. The zero-order valence-electron chi connectivity index (χ0n) is 11.5. The number of rotatable bonds is 2. The Morgan fingerprint density at radius 3 is 2.48 bits per heavy atom. The van der Waals surface area contributed by atoms with E-state index in [2.05, 4.69) is 17.4 Å². The molecule has 1 heterocycles. The van der Waals surface area contributed by atoms with E-state index in [1.165, 1.54) is 11.1 Å². The molecule has 4 rings (SSSR count). The van der Waals surface area contributed by atoms with Gasteiger partial charge in [0, 0.05) is 17.7 Å². The minimum atomic E-state index is 0.00724. The summed E-state index contributed by atoms with van der Waals surface area (Å²) in [6.45, 7) is 0.241. The van der Waals surface area contributed by atoms with E-state index < -0.39 is 0 Å². The largest absolute Gasteiger partial charge is 0.454 e. The Bertz CT molecular complexity index is 686. The van der Waals surface area contributed by atoms with Crippen LogP contribution in [0.4, 0.5) is 5.69 Å². The average molecular weight is 281 g/mol. The van der Waals surface area contributed by atoms with Crippen molar-refractivity contribution in [1.29, 1.82) is 0 Å². The number of carbonyl (C=O) groups is 1. The third-order valence-corrected chi connectivity index (χ3v) is 4.06. The Kier molecular flexibility index (Phi) is 2.81. The highest BCUT2D eigenvalue weighted by Gasteiger charge is 2.27. The van der Waals surface area contributed by atoms with E-state index in [0.717, 1.165) is 24.3 Å². The summed E-state index contributed by atoms with van der Waals surface area (Å²) < 4.78 is 10.6. The van der Waals surface area contributed by atoms with Crippen LogP contribution in [0.5, 0.6) is 11.5 Å². The second-order valence-corrected chi connectivity index (χ2v) is 5.43. The lowest BCUT2D eigenvalue weighted by atomic mass is 10.1. The zero-order chi connectivity index (χ0) is 14.2. The standard InChI is InChI=1S/C17H15NO3/c19-17(13-7-11-3-1-2-4-12(11)8-13)18-14-5-6-15-16(9-14)21-10-20-15/h1-6,9,13H,7-8,10H2,(H,18,19). The maximum absolute atomic E-state index is 12.4. The van der Waals surface area contributed by atoms with Crippen molar-refractivity contribution in [3.8, 4) is 11.5 Å². The van der Waals surface area contributed by atoms with Crippen molar-refractivity contribution >= 4 is 11.6 Å². The molecule has 21 heavy (non-hydrogen) atoms. The molecule has 0 bridgehead atoms. The predicted octanol–water partition coefficient (Wildman–Crippen LogP) is 2.77. The van der Waals surface area contributed by atoms with Crippen LogP contribution >= 0.6 is 0 Å². The fourth-order valence-electron chi connectivity index (χ4n) is 2.96. The third kappa shape index (κ3) is 2.23. The summed E-state index contributed by atoms with van der Waals surface area (Å²) in [6, 6.07) is 13.7. The van der Waals surface area contributed by atoms with Crippen molar-refractivity contribution < 1.29 is 14.3 Å². The SMILES string of the molecule is O=C(Nc1ccc2c(c1)OCO2)C1Cc2ccccc2C1. The van der Waals surface area contributed by atoms with Gasteiger partial charge in [0.1, 0.15) is 0 Å². The van der Waals surface area contributed by atoms with E-state index in [9.17, 15) is 4.79 Å². The van der Waals surface area contributed by atoms with Crippen LogP contribution in [0.25, 0.3) is 0 Å². The summed E-state index contributed by atoms with van der Waals surface area (Å²) in [5.74, 6) is 1.47. The first-order valence-corrected chi connectivity index (χ1v) is 7.07. The molecular weight excluding hydrogens is 266 g/mol. The minimum Gasteiger partial charge on any atom is -0.454 e. The Labute approximate surface area is 122 Å². The molecule has 1 aliphatic heterocycles. The maximum atomic E-state index is 12.4. The lowest BCUT2D eigenvalue weighted by molar-refractivity contribution is -0.119. The molecule has 0 saturated carbocycles. The van der Waals surface area contributed by atoms with Gasteiger partial charge < -0.3 is 14.8 Å². The topological polar surface area (TPSA) is 47.6 Å². The first-order valence-electron chi connectivity index (χ1n) is 7.07. The Hall–Kier alpha value is -2.49. The number of amides is 1. The van der Waals surface area contributed by atoms with Gasteiger partial charge in [-0.3, -0.25) is 4.79 Å². The maximum Gasteiger partial charge on any atom is 0.231 e. The molecule has 0 unspecified atom stereocenters. The van der Waals surface area contributed by atoms with E-state index in [1.54, 1.807) is 0 Å². The molecule has 0 spiro atoms. The van der Waals surface area contributed by atoms with E-state index in [0.29, 0.717) is 5.75 Å². The van der Waals surface area contributed by atoms with Crippen LogP contribution < -0.4 is 14.8 Å². The molecule has 2 aliphatic rings. The number of fused-ring (bicyclic) bond motifs is 2. The molecule has 0 saturated heterocycles. The number of hydrogen-bond acceptors (Lipinski definition) is 3. The molecule has 0 radical (unpaired) electrons. The minimum absolute atomic E-state index is 0.00724. The molecule has 1 N–H and O–H groups in total. The summed E-state index contributed by atoms with van der Waals surface area (Å²) in [5, 5.41) is 2.97. The second kappa shape index (κ2) is 4.81. The quantitative estimate of drug-likeness (QED) is 0.920. The van der Waals surface area contributed by atoms with E-state index in [4.69, 9.17) is 9.47 Å². The van der Waals surface area contributed by atoms with Gasteiger partial charge in [-0.05, 0) is 36.1 Å². The fraction of sp³-hybridized carbons (Fsp3) is 0.235. The van der Waals surface area contributed by atoms with Gasteiger partial charge >= 0.3 is 0 Å². The lowest BCUT2D eigenvalue weighted by Gasteiger charge is -2.10. The molecule has 4 nitrogen and oxygen atoms in total. The highest BCUT2D eigenvalue weighted by atomic mass is 16.7. The number of benzene rings is 2. The molecule has 0 atom stereocenters. The molecule has 4 heteroatoms. The first kappa shape index (κ1) is 12.3. The zero-order valence-corrected chi connectivity index (χ0v) is 11.5. The molecule has 1 aliphatic carbocycles. The van der Waals surface area contributed by atoms with Gasteiger partial charge in [-0.2, -0.15) is 0 Å². The van der Waals surface area contributed by atoms with E-state index in [1.807, 2.05) is 30.3 Å². The van der Waals surface area contributed by atoms with Crippen molar-refractivity contribution in [3.63, 3.8) is 0 Å². The van der Waals surface area contributed by atoms with Gasteiger partial charge in [0.2, 0.25) is 12.7 Å².